The molecule has 1 atom stereocenters. The van der Waals surface area contributed by atoms with Gasteiger partial charge in [0.05, 0.1) is 4.92 Å². The Bertz CT molecular complexity index is 387. The van der Waals surface area contributed by atoms with Crippen LogP contribution in [0.4, 0.5) is 5.69 Å². The highest BCUT2D eigenvalue weighted by atomic mass is 16.6. The first-order valence-corrected chi connectivity index (χ1v) is 4.75. The van der Waals surface area contributed by atoms with Crippen molar-refractivity contribution in [2.24, 2.45) is 5.92 Å². The van der Waals surface area contributed by atoms with Crippen LogP contribution in [0.25, 0.3) is 0 Å². The van der Waals surface area contributed by atoms with Crippen LogP contribution < -0.4 is 0 Å². The van der Waals surface area contributed by atoms with Crippen LogP contribution in [-0.4, -0.2) is 10.7 Å². The zero-order valence-electron chi connectivity index (χ0n) is 8.77. The molecule has 0 heterocycles. The third-order valence-corrected chi connectivity index (χ3v) is 2.41. The highest BCUT2D eigenvalue weighted by molar-refractivity contribution is 5.78. The van der Waals surface area contributed by atoms with Crippen LogP contribution in [0.2, 0.25) is 0 Å². The third-order valence-electron chi connectivity index (χ3n) is 2.41. The fourth-order valence-corrected chi connectivity index (χ4v) is 1.34. The van der Waals surface area contributed by atoms with Gasteiger partial charge in [0, 0.05) is 17.5 Å². The lowest BCUT2D eigenvalue weighted by molar-refractivity contribution is -0.385. The van der Waals surface area contributed by atoms with E-state index < -0.39 is 4.92 Å². The van der Waals surface area contributed by atoms with Crippen LogP contribution in [0, 0.1) is 16.0 Å². The summed E-state index contributed by atoms with van der Waals surface area (Å²) in [6, 6.07) is 6.52. The summed E-state index contributed by atoms with van der Waals surface area (Å²) in [5.41, 5.74) is 0.704. The molecule has 0 bridgehead atoms. The van der Waals surface area contributed by atoms with E-state index in [4.69, 9.17) is 0 Å². The normalized spacial score (nSPS) is 12.1. The number of nitrogens with zero attached hydrogens (tertiary/aromatic N) is 1. The number of ketones is 1. The molecule has 0 fully saturated rings. The SMILES string of the molecule is CC(=O)[C@H](C)Cc1ccccc1[N+](=O)[O-]. The van der Waals surface area contributed by atoms with Gasteiger partial charge in [0.2, 0.25) is 0 Å². The minimum atomic E-state index is -0.414. The van der Waals surface area contributed by atoms with Gasteiger partial charge in [-0.25, -0.2) is 0 Å². The summed E-state index contributed by atoms with van der Waals surface area (Å²) < 4.78 is 0. The topological polar surface area (TPSA) is 60.2 Å². The predicted octanol–water partition coefficient (Wildman–Crippen LogP) is 2.36. The monoisotopic (exact) mass is 207 g/mol. The third kappa shape index (κ3) is 2.87. The second-order valence-electron chi connectivity index (χ2n) is 3.60. The lowest BCUT2D eigenvalue weighted by atomic mass is 9.97. The van der Waals surface area contributed by atoms with E-state index in [-0.39, 0.29) is 17.4 Å². The Balaban J connectivity index is 2.94. The minimum absolute atomic E-state index is 0.0492. The summed E-state index contributed by atoms with van der Waals surface area (Å²) >= 11 is 0. The van der Waals surface area contributed by atoms with Crippen LogP contribution in [0.5, 0.6) is 0 Å². The van der Waals surface area contributed by atoms with Crippen LogP contribution in [0.3, 0.4) is 0 Å². The standard InChI is InChI=1S/C11H13NO3/c1-8(9(2)13)7-10-5-3-4-6-11(10)12(14)15/h3-6,8H,7H2,1-2H3/t8-/m1/s1. The van der Waals surface area contributed by atoms with Crippen LogP contribution >= 0.6 is 0 Å². The fourth-order valence-electron chi connectivity index (χ4n) is 1.34. The summed E-state index contributed by atoms with van der Waals surface area (Å²) in [5.74, 6) is -0.126. The molecule has 1 aromatic carbocycles. The molecule has 0 saturated heterocycles. The van der Waals surface area contributed by atoms with Crippen molar-refractivity contribution in [3.63, 3.8) is 0 Å². The second-order valence-corrected chi connectivity index (χ2v) is 3.60. The summed E-state index contributed by atoms with van der Waals surface area (Å²) in [6.45, 7) is 3.28. The Morgan fingerprint density at radius 1 is 1.47 bits per heavy atom. The van der Waals surface area contributed by atoms with Crippen LogP contribution in [0.1, 0.15) is 19.4 Å². The number of rotatable bonds is 4. The molecular formula is C11H13NO3. The number of nitro groups is 1. The van der Waals surface area contributed by atoms with E-state index in [1.54, 1.807) is 25.1 Å². The Hall–Kier alpha value is -1.71. The van der Waals surface area contributed by atoms with E-state index in [1.807, 2.05) is 0 Å². The molecule has 1 aromatic rings. The first-order valence-electron chi connectivity index (χ1n) is 4.75. The molecular weight excluding hydrogens is 194 g/mol. The highest BCUT2D eigenvalue weighted by Crippen LogP contribution is 2.21. The number of para-hydroxylation sites is 1. The lowest BCUT2D eigenvalue weighted by Gasteiger charge is -2.07. The van der Waals surface area contributed by atoms with E-state index in [9.17, 15) is 14.9 Å². The first kappa shape index (κ1) is 11.4. The average Bonchev–Trinajstić information content (AvgIpc) is 2.18. The predicted molar refractivity (Wildman–Crippen MR) is 56.6 cm³/mol. The smallest absolute Gasteiger partial charge is 0.272 e. The van der Waals surface area contributed by atoms with E-state index in [0.717, 1.165) is 0 Å². The number of carbonyl (C=O) groups excluding carboxylic acids is 1. The van der Waals surface area contributed by atoms with Crippen molar-refractivity contribution in [3.8, 4) is 0 Å². The molecule has 0 spiro atoms. The molecule has 0 unspecified atom stereocenters. The van der Waals surface area contributed by atoms with Crippen molar-refractivity contribution in [3.05, 3.63) is 39.9 Å². The lowest BCUT2D eigenvalue weighted by Crippen LogP contribution is -2.10. The van der Waals surface area contributed by atoms with Gasteiger partial charge in [-0.2, -0.15) is 0 Å². The van der Waals surface area contributed by atoms with Gasteiger partial charge in [0.15, 0.2) is 0 Å². The minimum Gasteiger partial charge on any atom is -0.300 e. The van der Waals surface area contributed by atoms with Gasteiger partial charge in [-0.3, -0.25) is 14.9 Å². The van der Waals surface area contributed by atoms with E-state index in [0.29, 0.717) is 12.0 Å². The zero-order chi connectivity index (χ0) is 11.4. The molecule has 4 nitrogen and oxygen atoms in total. The Morgan fingerprint density at radius 2 is 2.07 bits per heavy atom. The molecule has 80 valence electrons. The number of carbonyl (C=O) groups is 1. The maximum atomic E-state index is 11.1. The Labute approximate surface area is 88.1 Å². The molecule has 0 aromatic heterocycles. The van der Waals surface area contributed by atoms with Gasteiger partial charge < -0.3 is 0 Å². The van der Waals surface area contributed by atoms with Gasteiger partial charge in [0.25, 0.3) is 5.69 Å². The molecule has 0 aliphatic heterocycles. The van der Waals surface area contributed by atoms with Gasteiger partial charge in [0.1, 0.15) is 5.78 Å². The van der Waals surface area contributed by atoms with E-state index in [2.05, 4.69) is 0 Å². The fraction of sp³-hybridized carbons (Fsp3) is 0.364. The molecule has 0 saturated carbocycles. The largest absolute Gasteiger partial charge is 0.300 e. The Morgan fingerprint density at radius 3 is 2.60 bits per heavy atom. The number of hydrogen-bond donors (Lipinski definition) is 0. The molecule has 1 rings (SSSR count). The molecule has 0 aliphatic carbocycles. The quantitative estimate of drug-likeness (QED) is 0.562. The molecule has 0 amide bonds. The van der Waals surface area contributed by atoms with Crippen LogP contribution in [-0.2, 0) is 11.2 Å². The summed E-state index contributed by atoms with van der Waals surface area (Å²) in [6.07, 6.45) is 0.423. The maximum absolute atomic E-state index is 11.1. The summed E-state index contributed by atoms with van der Waals surface area (Å²) in [5, 5.41) is 10.7. The van der Waals surface area contributed by atoms with Crippen molar-refractivity contribution in [1.29, 1.82) is 0 Å². The maximum Gasteiger partial charge on any atom is 0.272 e. The van der Waals surface area contributed by atoms with Crippen molar-refractivity contribution >= 4 is 11.5 Å². The highest BCUT2D eigenvalue weighted by Gasteiger charge is 2.16. The van der Waals surface area contributed by atoms with Crippen LogP contribution in [0.15, 0.2) is 24.3 Å². The number of Topliss-reactive ketones (excluding diaryl/α,β-unsaturated/α-hetero) is 1. The Kier molecular flexibility index (Phi) is 3.55. The first-order chi connectivity index (χ1) is 7.02. The molecule has 0 aliphatic rings. The van der Waals surface area contributed by atoms with Gasteiger partial charge in [-0.1, -0.05) is 25.1 Å². The van der Waals surface area contributed by atoms with E-state index >= 15 is 0 Å². The number of nitro benzene ring substituents is 1. The summed E-state index contributed by atoms with van der Waals surface area (Å²) in [4.78, 5) is 21.3. The van der Waals surface area contributed by atoms with Crippen molar-refractivity contribution < 1.29 is 9.72 Å². The molecule has 15 heavy (non-hydrogen) atoms. The van der Waals surface area contributed by atoms with Gasteiger partial charge in [-0.05, 0) is 13.3 Å². The summed E-state index contributed by atoms with van der Waals surface area (Å²) in [7, 11) is 0. The second kappa shape index (κ2) is 4.68. The zero-order valence-corrected chi connectivity index (χ0v) is 8.77. The number of hydrogen-bond acceptors (Lipinski definition) is 3. The van der Waals surface area contributed by atoms with Crippen molar-refractivity contribution in [1.82, 2.24) is 0 Å². The van der Waals surface area contributed by atoms with Crippen molar-refractivity contribution in [2.75, 3.05) is 0 Å². The average molecular weight is 207 g/mol. The van der Waals surface area contributed by atoms with E-state index in [1.165, 1.54) is 13.0 Å². The van der Waals surface area contributed by atoms with Gasteiger partial charge in [-0.15, -0.1) is 0 Å². The van der Waals surface area contributed by atoms with Gasteiger partial charge >= 0.3 is 0 Å². The molecule has 4 heteroatoms. The number of benzene rings is 1. The van der Waals surface area contributed by atoms with Crippen molar-refractivity contribution in [2.45, 2.75) is 20.3 Å². The molecule has 0 N–H and O–H groups in total. The molecule has 0 radical (unpaired) electrons.